The van der Waals surface area contributed by atoms with Gasteiger partial charge in [-0.2, -0.15) is 5.10 Å². The molecule has 0 aliphatic heterocycles. The number of fused-ring (bicyclic) bond motifs is 1. The van der Waals surface area contributed by atoms with E-state index in [-0.39, 0.29) is 0 Å². The van der Waals surface area contributed by atoms with Crippen molar-refractivity contribution < 1.29 is 0 Å². The number of anilines is 2. The quantitative estimate of drug-likeness (QED) is 0.620. The summed E-state index contributed by atoms with van der Waals surface area (Å²) in [5.74, 6) is 0.643. The maximum Gasteiger partial charge on any atom is 0.211 e. The molecule has 104 valence electrons. The Kier molecular flexibility index (Phi) is 2.64. The van der Waals surface area contributed by atoms with Gasteiger partial charge >= 0.3 is 0 Å². The van der Waals surface area contributed by atoms with Crippen LogP contribution in [0, 0.1) is 0 Å². The van der Waals surface area contributed by atoms with E-state index in [1.54, 1.807) is 22.6 Å². The molecule has 0 amide bonds. The van der Waals surface area contributed by atoms with E-state index < -0.39 is 0 Å². The summed E-state index contributed by atoms with van der Waals surface area (Å²) < 4.78 is 3.73. The van der Waals surface area contributed by atoms with Crippen LogP contribution in [0.2, 0.25) is 0 Å². The minimum atomic E-state index is 0.643. The van der Waals surface area contributed by atoms with Crippen molar-refractivity contribution in [3.63, 3.8) is 0 Å². The standard InChI is InChI=1S/C12H10N8S/c1-19-6-8(4-16-19)9-5-14-11-10(13-2-3-20(9)11)17-12-18-15-7-21-12/h2-7H,1H3,(H,13,17,18). The van der Waals surface area contributed by atoms with E-state index in [0.29, 0.717) is 10.9 Å². The summed E-state index contributed by atoms with van der Waals surface area (Å²) in [7, 11) is 1.89. The van der Waals surface area contributed by atoms with Crippen LogP contribution in [0.5, 0.6) is 0 Å². The van der Waals surface area contributed by atoms with Crippen molar-refractivity contribution in [1.29, 1.82) is 0 Å². The Labute approximate surface area is 123 Å². The second-order valence-corrected chi connectivity index (χ2v) is 5.22. The topological polar surface area (TPSA) is 85.8 Å². The van der Waals surface area contributed by atoms with Crippen LogP contribution in [0.4, 0.5) is 10.9 Å². The van der Waals surface area contributed by atoms with Gasteiger partial charge in [-0.05, 0) is 0 Å². The second kappa shape index (κ2) is 4.63. The van der Waals surface area contributed by atoms with Gasteiger partial charge in [-0.15, -0.1) is 10.2 Å². The number of hydrogen-bond acceptors (Lipinski definition) is 7. The molecule has 0 radical (unpaired) electrons. The highest BCUT2D eigenvalue weighted by atomic mass is 32.1. The molecule has 0 aromatic carbocycles. The summed E-state index contributed by atoms with van der Waals surface area (Å²) in [4.78, 5) is 8.76. The monoisotopic (exact) mass is 298 g/mol. The van der Waals surface area contributed by atoms with Crippen molar-refractivity contribution >= 4 is 27.9 Å². The number of nitrogens with zero attached hydrogens (tertiary/aromatic N) is 7. The minimum absolute atomic E-state index is 0.643. The van der Waals surface area contributed by atoms with E-state index in [0.717, 1.165) is 16.9 Å². The van der Waals surface area contributed by atoms with Crippen molar-refractivity contribution in [1.82, 2.24) is 34.3 Å². The van der Waals surface area contributed by atoms with Crippen LogP contribution in [-0.2, 0) is 7.05 Å². The molecule has 4 aromatic heterocycles. The Morgan fingerprint density at radius 3 is 2.95 bits per heavy atom. The predicted molar refractivity (Wildman–Crippen MR) is 78.4 cm³/mol. The molecule has 4 aromatic rings. The van der Waals surface area contributed by atoms with Gasteiger partial charge in [0.1, 0.15) is 5.51 Å². The highest BCUT2D eigenvalue weighted by Crippen LogP contribution is 2.24. The molecule has 9 heteroatoms. The number of rotatable bonds is 3. The van der Waals surface area contributed by atoms with Crippen LogP contribution in [0.15, 0.2) is 36.5 Å². The normalized spacial score (nSPS) is 11.1. The van der Waals surface area contributed by atoms with Gasteiger partial charge in [0, 0.05) is 31.2 Å². The molecule has 0 saturated carbocycles. The largest absolute Gasteiger partial charge is 0.312 e. The van der Waals surface area contributed by atoms with E-state index >= 15 is 0 Å². The highest BCUT2D eigenvalue weighted by molar-refractivity contribution is 7.13. The molecule has 0 aliphatic rings. The zero-order valence-electron chi connectivity index (χ0n) is 11.0. The number of hydrogen-bond donors (Lipinski definition) is 1. The van der Waals surface area contributed by atoms with Gasteiger partial charge in [-0.25, -0.2) is 9.97 Å². The molecule has 21 heavy (non-hydrogen) atoms. The molecule has 4 heterocycles. The van der Waals surface area contributed by atoms with E-state index in [9.17, 15) is 0 Å². The Balaban J connectivity index is 1.82. The lowest BCUT2D eigenvalue weighted by Crippen LogP contribution is -1.98. The fourth-order valence-electron chi connectivity index (χ4n) is 2.10. The lowest BCUT2D eigenvalue weighted by atomic mass is 10.3. The summed E-state index contributed by atoms with van der Waals surface area (Å²) in [5.41, 5.74) is 4.35. The van der Waals surface area contributed by atoms with E-state index in [1.807, 2.05) is 30.0 Å². The van der Waals surface area contributed by atoms with Crippen LogP contribution in [0.1, 0.15) is 0 Å². The van der Waals surface area contributed by atoms with Crippen molar-refractivity contribution in [2.24, 2.45) is 7.05 Å². The maximum absolute atomic E-state index is 4.44. The predicted octanol–water partition coefficient (Wildman–Crippen LogP) is 1.72. The van der Waals surface area contributed by atoms with Gasteiger partial charge < -0.3 is 5.32 Å². The summed E-state index contributed by atoms with van der Waals surface area (Å²) in [5, 5.41) is 15.7. The van der Waals surface area contributed by atoms with Crippen LogP contribution in [-0.4, -0.2) is 34.3 Å². The average molecular weight is 298 g/mol. The average Bonchev–Trinajstić information content (AvgIpc) is 3.18. The number of imidazole rings is 1. The minimum Gasteiger partial charge on any atom is -0.312 e. The molecule has 0 spiro atoms. The Hall–Kier alpha value is -2.81. The molecule has 8 nitrogen and oxygen atoms in total. The third-order valence-electron chi connectivity index (χ3n) is 3.01. The lowest BCUT2D eigenvalue weighted by molar-refractivity contribution is 0.768. The summed E-state index contributed by atoms with van der Waals surface area (Å²) >= 11 is 1.41. The van der Waals surface area contributed by atoms with E-state index in [1.165, 1.54) is 11.3 Å². The van der Waals surface area contributed by atoms with Gasteiger partial charge in [-0.3, -0.25) is 9.08 Å². The van der Waals surface area contributed by atoms with Gasteiger partial charge in [0.15, 0.2) is 11.5 Å². The SMILES string of the molecule is Cn1cc(-c2cnc3c(Nc4nncs4)nccn23)cn1. The molecule has 0 unspecified atom stereocenters. The van der Waals surface area contributed by atoms with Crippen molar-refractivity contribution in [3.05, 3.63) is 36.5 Å². The molecule has 4 rings (SSSR count). The summed E-state index contributed by atoms with van der Waals surface area (Å²) in [6.45, 7) is 0. The number of aromatic nitrogens is 7. The van der Waals surface area contributed by atoms with Gasteiger partial charge in [0.25, 0.3) is 0 Å². The number of nitrogens with one attached hydrogen (secondary N) is 1. The maximum atomic E-state index is 4.44. The molecule has 0 bridgehead atoms. The van der Waals surface area contributed by atoms with Crippen molar-refractivity contribution in [2.75, 3.05) is 5.32 Å². The zero-order valence-corrected chi connectivity index (χ0v) is 11.8. The first-order valence-corrected chi connectivity index (χ1v) is 7.03. The Bertz CT molecular complexity index is 891. The van der Waals surface area contributed by atoms with E-state index in [2.05, 4.69) is 30.6 Å². The second-order valence-electron chi connectivity index (χ2n) is 4.38. The molecule has 1 N–H and O–H groups in total. The van der Waals surface area contributed by atoms with Crippen molar-refractivity contribution in [2.45, 2.75) is 0 Å². The first-order chi connectivity index (χ1) is 10.3. The third kappa shape index (κ3) is 2.03. The summed E-state index contributed by atoms with van der Waals surface area (Å²) in [6.07, 6.45) is 9.15. The third-order valence-corrected chi connectivity index (χ3v) is 3.62. The Morgan fingerprint density at radius 2 is 2.19 bits per heavy atom. The first kappa shape index (κ1) is 12.0. The molecule has 0 atom stereocenters. The number of aryl methyl sites for hydroxylation is 1. The van der Waals surface area contributed by atoms with Gasteiger partial charge in [0.05, 0.1) is 18.1 Å². The molecular weight excluding hydrogens is 288 g/mol. The first-order valence-electron chi connectivity index (χ1n) is 6.15. The lowest BCUT2D eigenvalue weighted by Gasteiger charge is -2.04. The Morgan fingerprint density at radius 1 is 1.24 bits per heavy atom. The molecule has 0 aliphatic carbocycles. The fraction of sp³-hybridized carbons (Fsp3) is 0.0833. The van der Waals surface area contributed by atoms with Gasteiger partial charge in [0.2, 0.25) is 5.13 Å². The fourth-order valence-corrected chi connectivity index (χ4v) is 2.55. The molecule has 0 fully saturated rings. The smallest absolute Gasteiger partial charge is 0.211 e. The zero-order chi connectivity index (χ0) is 14.2. The van der Waals surface area contributed by atoms with Crippen LogP contribution in [0.25, 0.3) is 16.9 Å². The van der Waals surface area contributed by atoms with Crippen molar-refractivity contribution in [3.8, 4) is 11.3 Å². The highest BCUT2D eigenvalue weighted by Gasteiger charge is 2.12. The van der Waals surface area contributed by atoms with Crippen LogP contribution >= 0.6 is 11.3 Å². The van der Waals surface area contributed by atoms with E-state index in [4.69, 9.17) is 0 Å². The van der Waals surface area contributed by atoms with Crippen LogP contribution < -0.4 is 5.32 Å². The molecule has 0 saturated heterocycles. The molecular formula is C12H10N8S. The van der Waals surface area contributed by atoms with Crippen LogP contribution in [0.3, 0.4) is 0 Å². The van der Waals surface area contributed by atoms with Gasteiger partial charge in [-0.1, -0.05) is 11.3 Å². The summed E-state index contributed by atoms with van der Waals surface area (Å²) in [6, 6.07) is 0.